The van der Waals surface area contributed by atoms with Gasteiger partial charge in [0.2, 0.25) is 0 Å². The lowest BCUT2D eigenvalue weighted by Gasteiger charge is -2.13. The van der Waals surface area contributed by atoms with E-state index >= 15 is 0 Å². The fourth-order valence-corrected chi connectivity index (χ4v) is 2.97. The number of nitrogens with one attached hydrogen (secondary N) is 2. The average Bonchev–Trinajstić information content (AvgIpc) is 3.16. The number of hydrogen-bond donors (Lipinski definition) is 2. The number of halogens is 1. The Kier molecular flexibility index (Phi) is 6.26. The van der Waals surface area contributed by atoms with E-state index in [1.165, 1.54) is 18.5 Å². The highest BCUT2D eigenvalue weighted by Gasteiger charge is 2.21. The maximum Gasteiger partial charge on any atom is 0.257 e. The molecule has 0 aliphatic carbocycles. The van der Waals surface area contributed by atoms with Crippen LogP contribution in [0.25, 0.3) is 0 Å². The summed E-state index contributed by atoms with van der Waals surface area (Å²) in [5.74, 6) is -0.609. The van der Waals surface area contributed by atoms with Gasteiger partial charge in [-0.15, -0.1) is 0 Å². The Morgan fingerprint density at radius 3 is 2.82 bits per heavy atom. The van der Waals surface area contributed by atoms with Crippen LogP contribution in [0.5, 0.6) is 0 Å². The van der Waals surface area contributed by atoms with Gasteiger partial charge < -0.3 is 15.5 Å². The van der Waals surface area contributed by atoms with Gasteiger partial charge in [0.15, 0.2) is 0 Å². The molecule has 2 N–H and O–H groups in total. The molecule has 7 nitrogen and oxygen atoms in total. The van der Waals surface area contributed by atoms with Crippen molar-refractivity contribution in [3.63, 3.8) is 0 Å². The van der Waals surface area contributed by atoms with E-state index < -0.39 is 0 Å². The first kappa shape index (κ1) is 19.8. The van der Waals surface area contributed by atoms with Gasteiger partial charge in [0.25, 0.3) is 11.8 Å². The van der Waals surface area contributed by atoms with Crippen molar-refractivity contribution in [1.29, 1.82) is 0 Å². The molecule has 1 aromatic heterocycles. The van der Waals surface area contributed by atoms with E-state index in [-0.39, 0.29) is 22.9 Å². The van der Waals surface area contributed by atoms with E-state index in [1.54, 1.807) is 18.2 Å². The Morgan fingerprint density at radius 1 is 1.29 bits per heavy atom. The highest BCUT2D eigenvalue weighted by molar-refractivity contribution is 6.34. The van der Waals surface area contributed by atoms with Crippen LogP contribution in [0, 0.1) is 6.92 Å². The molecule has 8 heteroatoms. The van der Waals surface area contributed by atoms with Crippen LogP contribution in [-0.4, -0.2) is 35.2 Å². The van der Waals surface area contributed by atoms with Gasteiger partial charge >= 0.3 is 0 Å². The van der Waals surface area contributed by atoms with Crippen molar-refractivity contribution >= 4 is 34.8 Å². The predicted molar refractivity (Wildman–Crippen MR) is 108 cm³/mol. The van der Waals surface area contributed by atoms with Crippen LogP contribution >= 0.6 is 11.6 Å². The minimum atomic E-state index is -0.364. The van der Waals surface area contributed by atoms with Gasteiger partial charge in [-0.3, -0.25) is 14.6 Å². The van der Waals surface area contributed by atoms with Gasteiger partial charge in [0.1, 0.15) is 6.10 Å². The number of amides is 2. The highest BCUT2D eigenvalue weighted by Crippen LogP contribution is 2.20. The van der Waals surface area contributed by atoms with Gasteiger partial charge in [0, 0.05) is 30.1 Å². The third-order valence-electron chi connectivity index (χ3n) is 4.46. The van der Waals surface area contributed by atoms with Crippen LogP contribution in [0.4, 0.5) is 5.69 Å². The molecule has 3 rings (SSSR count). The maximum atomic E-state index is 12.5. The van der Waals surface area contributed by atoms with Gasteiger partial charge in [-0.2, -0.15) is 0 Å². The molecule has 146 valence electrons. The fourth-order valence-electron chi connectivity index (χ4n) is 2.76. The minimum Gasteiger partial charge on any atom is -0.390 e. The molecule has 2 amide bonds. The summed E-state index contributed by atoms with van der Waals surface area (Å²) in [5.41, 5.74) is 3.12. The molecule has 1 aliphatic rings. The van der Waals surface area contributed by atoms with Crippen molar-refractivity contribution in [3.8, 4) is 0 Å². The van der Waals surface area contributed by atoms with E-state index in [0.717, 1.165) is 24.1 Å². The molecule has 0 radical (unpaired) electrons. The van der Waals surface area contributed by atoms with E-state index in [1.807, 2.05) is 13.8 Å². The lowest BCUT2D eigenvalue weighted by molar-refractivity contribution is 0.0753. The lowest BCUT2D eigenvalue weighted by Crippen LogP contribution is -2.32. The fraction of sp³-hybridized carbons (Fsp3) is 0.300. The minimum absolute atomic E-state index is 0.141. The first-order chi connectivity index (χ1) is 13.5. The summed E-state index contributed by atoms with van der Waals surface area (Å²) >= 11 is 6.02. The smallest absolute Gasteiger partial charge is 0.257 e. The van der Waals surface area contributed by atoms with Crippen LogP contribution in [0.2, 0.25) is 5.02 Å². The second-order valence-corrected chi connectivity index (χ2v) is 6.90. The lowest BCUT2D eigenvalue weighted by atomic mass is 10.1. The van der Waals surface area contributed by atoms with E-state index in [4.69, 9.17) is 16.4 Å². The summed E-state index contributed by atoms with van der Waals surface area (Å²) in [7, 11) is 0. The largest absolute Gasteiger partial charge is 0.390 e. The zero-order valence-electron chi connectivity index (χ0n) is 15.7. The summed E-state index contributed by atoms with van der Waals surface area (Å²) < 4.78 is 0. The number of oxime groups is 1. The predicted octanol–water partition coefficient (Wildman–Crippen LogP) is 3.58. The number of benzene rings is 1. The number of carbonyl (C=O) groups excluding carboxylic acids is 2. The summed E-state index contributed by atoms with van der Waals surface area (Å²) in [4.78, 5) is 34.1. The van der Waals surface area contributed by atoms with Crippen molar-refractivity contribution in [3.05, 3.63) is 58.4 Å². The molecule has 2 aromatic rings. The second-order valence-electron chi connectivity index (χ2n) is 6.49. The Bertz CT molecular complexity index is 929. The molecule has 0 saturated heterocycles. The monoisotopic (exact) mass is 400 g/mol. The number of nitrogens with zero attached hydrogens (tertiary/aromatic N) is 2. The van der Waals surface area contributed by atoms with E-state index in [9.17, 15) is 9.59 Å². The number of carbonyl (C=O) groups is 2. The van der Waals surface area contributed by atoms with Crippen molar-refractivity contribution in [2.45, 2.75) is 32.8 Å². The number of aromatic nitrogens is 1. The van der Waals surface area contributed by atoms with Crippen LogP contribution < -0.4 is 10.6 Å². The van der Waals surface area contributed by atoms with Crippen LogP contribution in [-0.2, 0) is 4.84 Å². The molecule has 2 heterocycles. The number of aryl methyl sites for hydroxylation is 1. The maximum absolute atomic E-state index is 12.5. The summed E-state index contributed by atoms with van der Waals surface area (Å²) in [6, 6.07) is 6.67. The average molecular weight is 401 g/mol. The number of anilines is 1. The third-order valence-corrected chi connectivity index (χ3v) is 4.76. The molecule has 1 aromatic carbocycles. The van der Waals surface area contributed by atoms with Crippen LogP contribution in [0.15, 0.2) is 41.8 Å². The van der Waals surface area contributed by atoms with Crippen LogP contribution in [0.3, 0.4) is 0 Å². The van der Waals surface area contributed by atoms with Crippen molar-refractivity contribution in [1.82, 2.24) is 10.3 Å². The molecular formula is C20H21ClN4O3. The zero-order chi connectivity index (χ0) is 20.1. The van der Waals surface area contributed by atoms with Crippen molar-refractivity contribution < 1.29 is 14.4 Å². The molecule has 1 aliphatic heterocycles. The van der Waals surface area contributed by atoms with Crippen molar-refractivity contribution in [2.24, 2.45) is 5.16 Å². The molecule has 1 atom stereocenters. The number of hydrogen-bond acceptors (Lipinski definition) is 5. The second kappa shape index (κ2) is 8.84. The Balaban J connectivity index is 1.65. The molecule has 0 spiro atoms. The zero-order valence-corrected chi connectivity index (χ0v) is 16.4. The van der Waals surface area contributed by atoms with Gasteiger partial charge in [-0.25, -0.2) is 0 Å². The molecule has 1 unspecified atom stereocenters. The summed E-state index contributed by atoms with van der Waals surface area (Å²) in [6.07, 6.45) is 4.32. The number of pyridine rings is 1. The SMILES string of the molecule is CCC1=NOC(CNC(=O)c2ccc(C)c(NC(=O)c3ccncc3Cl)c2)C1. The molecule has 28 heavy (non-hydrogen) atoms. The third kappa shape index (κ3) is 4.67. The van der Waals surface area contributed by atoms with Gasteiger partial charge in [0.05, 0.1) is 22.8 Å². The normalized spacial score (nSPS) is 15.5. The first-order valence-corrected chi connectivity index (χ1v) is 9.37. The van der Waals surface area contributed by atoms with Crippen molar-refractivity contribution in [2.75, 3.05) is 11.9 Å². The van der Waals surface area contributed by atoms with Gasteiger partial charge in [-0.1, -0.05) is 29.7 Å². The summed E-state index contributed by atoms with van der Waals surface area (Å²) in [6.45, 7) is 4.24. The Morgan fingerprint density at radius 2 is 2.11 bits per heavy atom. The first-order valence-electron chi connectivity index (χ1n) is 8.99. The molecule has 0 fully saturated rings. The van der Waals surface area contributed by atoms with Gasteiger partial charge in [-0.05, 0) is 37.1 Å². The summed E-state index contributed by atoms with van der Waals surface area (Å²) in [5, 5.41) is 9.89. The highest BCUT2D eigenvalue weighted by atomic mass is 35.5. The topological polar surface area (TPSA) is 92.7 Å². The Labute approximate surface area is 168 Å². The Hall–Kier alpha value is -2.93. The number of rotatable bonds is 6. The molecule has 0 bridgehead atoms. The molecule has 0 saturated carbocycles. The quantitative estimate of drug-likeness (QED) is 0.775. The van der Waals surface area contributed by atoms with E-state index in [0.29, 0.717) is 23.4 Å². The van der Waals surface area contributed by atoms with Crippen LogP contribution in [0.1, 0.15) is 46.0 Å². The standard InChI is InChI=1S/C20H21ClN4O3/c1-3-14-9-15(28-25-14)10-23-19(26)13-5-4-12(2)18(8-13)24-20(27)16-6-7-22-11-17(16)21/h4-8,11,15H,3,9-10H2,1-2H3,(H,23,26)(H,24,27). The molecular weight excluding hydrogens is 380 g/mol. The van der Waals surface area contributed by atoms with E-state index in [2.05, 4.69) is 20.8 Å².